The molecule has 24 heavy (non-hydrogen) atoms. The number of hydrogen-bond acceptors (Lipinski definition) is 5. The highest BCUT2D eigenvalue weighted by Crippen LogP contribution is 2.18. The van der Waals surface area contributed by atoms with Crippen molar-refractivity contribution in [3.8, 4) is 0 Å². The van der Waals surface area contributed by atoms with Crippen LogP contribution in [0.25, 0.3) is 0 Å². The summed E-state index contributed by atoms with van der Waals surface area (Å²) in [4.78, 5) is 18.6. The van der Waals surface area contributed by atoms with Gasteiger partial charge in [0.25, 0.3) is 0 Å². The Bertz CT molecular complexity index is 670. The maximum atomic E-state index is 12.4. The van der Waals surface area contributed by atoms with Gasteiger partial charge in [0.15, 0.2) is 9.84 Å². The van der Waals surface area contributed by atoms with E-state index in [1.54, 1.807) is 11.9 Å². The largest absolute Gasteiger partial charge is 0.369 e. The smallest absolute Gasteiger partial charge is 0.236 e. The van der Waals surface area contributed by atoms with Crippen LogP contribution in [0.1, 0.15) is 6.42 Å². The third kappa shape index (κ3) is 4.08. The summed E-state index contributed by atoms with van der Waals surface area (Å²) in [6.45, 7) is 3.86. The summed E-state index contributed by atoms with van der Waals surface area (Å²) in [5.74, 6) is 0.326. The van der Waals surface area contributed by atoms with Crippen LogP contribution in [0.5, 0.6) is 0 Å². The maximum Gasteiger partial charge on any atom is 0.236 e. The van der Waals surface area contributed by atoms with Gasteiger partial charge in [-0.25, -0.2) is 8.42 Å². The van der Waals surface area contributed by atoms with Crippen molar-refractivity contribution >= 4 is 21.4 Å². The second kappa shape index (κ2) is 7.11. The van der Waals surface area contributed by atoms with E-state index in [0.717, 1.165) is 26.2 Å². The van der Waals surface area contributed by atoms with Crippen molar-refractivity contribution in [1.82, 2.24) is 9.80 Å². The van der Waals surface area contributed by atoms with Crippen LogP contribution in [0.15, 0.2) is 30.3 Å². The number of likely N-dealkylation sites (N-methyl/N-ethyl adjacent to an activating group) is 1. The van der Waals surface area contributed by atoms with Gasteiger partial charge in [0.1, 0.15) is 0 Å². The third-order valence-electron chi connectivity index (χ3n) is 5.00. The molecule has 1 aromatic carbocycles. The lowest BCUT2D eigenvalue weighted by Gasteiger charge is -2.36. The Kier molecular flexibility index (Phi) is 5.10. The molecule has 2 saturated heterocycles. The van der Waals surface area contributed by atoms with Gasteiger partial charge in [0, 0.05) is 45.0 Å². The Balaban J connectivity index is 1.48. The first kappa shape index (κ1) is 17.2. The molecule has 1 atom stereocenters. The molecule has 0 unspecified atom stereocenters. The van der Waals surface area contributed by atoms with Crippen LogP contribution in [0.3, 0.4) is 0 Å². The Morgan fingerprint density at radius 3 is 2.42 bits per heavy atom. The molecule has 1 aromatic rings. The van der Waals surface area contributed by atoms with E-state index in [0.29, 0.717) is 13.0 Å². The van der Waals surface area contributed by atoms with E-state index in [2.05, 4.69) is 21.9 Å². The van der Waals surface area contributed by atoms with E-state index in [4.69, 9.17) is 0 Å². The van der Waals surface area contributed by atoms with Crippen LogP contribution >= 0.6 is 0 Å². The van der Waals surface area contributed by atoms with Crippen molar-refractivity contribution in [3.63, 3.8) is 0 Å². The van der Waals surface area contributed by atoms with Gasteiger partial charge in [-0.15, -0.1) is 0 Å². The quantitative estimate of drug-likeness (QED) is 0.788. The fraction of sp³-hybridized carbons (Fsp3) is 0.588. The second-order valence-corrected chi connectivity index (χ2v) is 8.89. The molecule has 2 aliphatic heterocycles. The van der Waals surface area contributed by atoms with Crippen LogP contribution in [-0.4, -0.2) is 81.4 Å². The highest BCUT2D eigenvalue weighted by Gasteiger charge is 2.33. The summed E-state index contributed by atoms with van der Waals surface area (Å²) in [5.41, 5.74) is 1.22. The maximum absolute atomic E-state index is 12.4. The van der Waals surface area contributed by atoms with Crippen LogP contribution in [0, 0.1) is 0 Å². The number of nitrogens with zero attached hydrogens (tertiary/aromatic N) is 3. The Labute approximate surface area is 144 Å². The molecule has 2 aliphatic rings. The van der Waals surface area contributed by atoms with E-state index in [-0.39, 0.29) is 23.5 Å². The molecule has 0 spiro atoms. The zero-order valence-electron chi connectivity index (χ0n) is 14.1. The minimum Gasteiger partial charge on any atom is -0.369 e. The fourth-order valence-corrected chi connectivity index (χ4v) is 5.16. The number of rotatable bonds is 4. The highest BCUT2D eigenvalue weighted by atomic mass is 32.2. The first-order chi connectivity index (χ1) is 11.4. The van der Waals surface area contributed by atoms with Crippen LogP contribution < -0.4 is 4.90 Å². The lowest BCUT2D eigenvalue weighted by atomic mass is 10.2. The molecule has 7 heteroatoms. The number of carbonyl (C=O) groups is 1. The average Bonchev–Trinajstić information content (AvgIpc) is 2.95. The molecule has 0 bridgehead atoms. The van der Waals surface area contributed by atoms with E-state index >= 15 is 0 Å². The average molecular weight is 351 g/mol. The summed E-state index contributed by atoms with van der Waals surface area (Å²) >= 11 is 0. The van der Waals surface area contributed by atoms with E-state index in [1.807, 2.05) is 18.2 Å². The molecule has 0 N–H and O–H groups in total. The monoisotopic (exact) mass is 351 g/mol. The molecule has 6 nitrogen and oxygen atoms in total. The van der Waals surface area contributed by atoms with Crippen molar-refractivity contribution in [2.45, 2.75) is 12.5 Å². The molecule has 2 heterocycles. The van der Waals surface area contributed by atoms with Crippen LogP contribution in [0.4, 0.5) is 5.69 Å². The first-order valence-corrected chi connectivity index (χ1v) is 10.3. The van der Waals surface area contributed by atoms with E-state index in [9.17, 15) is 13.2 Å². The van der Waals surface area contributed by atoms with E-state index in [1.165, 1.54) is 5.69 Å². The number of hydrogen-bond donors (Lipinski definition) is 0. The Hall–Kier alpha value is -1.60. The lowest BCUT2D eigenvalue weighted by Crippen LogP contribution is -2.51. The van der Waals surface area contributed by atoms with Gasteiger partial charge in [-0.1, -0.05) is 18.2 Å². The molecular weight excluding hydrogens is 326 g/mol. The molecule has 0 aromatic heterocycles. The highest BCUT2D eigenvalue weighted by molar-refractivity contribution is 7.91. The molecular formula is C17H25N3O3S. The minimum atomic E-state index is -2.96. The van der Waals surface area contributed by atoms with Gasteiger partial charge >= 0.3 is 0 Å². The molecule has 3 rings (SSSR count). The summed E-state index contributed by atoms with van der Waals surface area (Å²) in [7, 11) is -1.23. The predicted molar refractivity (Wildman–Crippen MR) is 94.9 cm³/mol. The summed E-state index contributed by atoms with van der Waals surface area (Å²) in [5, 5.41) is 0. The van der Waals surface area contributed by atoms with Crippen molar-refractivity contribution in [3.05, 3.63) is 30.3 Å². The van der Waals surface area contributed by atoms with Gasteiger partial charge in [-0.2, -0.15) is 0 Å². The topological polar surface area (TPSA) is 60.9 Å². The van der Waals surface area contributed by atoms with Gasteiger partial charge in [-0.05, 0) is 18.6 Å². The second-order valence-electron chi connectivity index (χ2n) is 6.66. The van der Waals surface area contributed by atoms with E-state index < -0.39 is 9.84 Å². The number of carbonyl (C=O) groups excluding carboxylic acids is 1. The van der Waals surface area contributed by atoms with Crippen LogP contribution in [0.2, 0.25) is 0 Å². The normalized spacial score (nSPS) is 24.0. The number of sulfone groups is 1. The van der Waals surface area contributed by atoms with Gasteiger partial charge in [0.05, 0.1) is 18.1 Å². The minimum absolute atomic E-state index is 0.0188. The fourth-order valence-electron chi connectivity index (χ4n) is 3.39. The molecule has 0 saturated carbocycles. The lowest BCUT2D eigenvalue weighted by molar-refractivity contribution is -0.132. The first-order valence-electron chi connectivity index (χ1n) is 8.43. The third-order valence-corrected chi connectivity index (χ3v) is 6.75. The standard InChI is InChI=1S/C17H25N3O3S/c1-18(16-7-12-24(22,23)14-16)17(21)13-19-8-10-20(11-9-19)15-5-3-2-4-6-15/h2-6,16H,7-14H2,1H3/t16-/m0/s1. The van der Waals surface area contributed by atoms with Gasteiger partial charge in [-0.3, -0.25) is 9.69 Å². The number of benzene rings is 1. The molecule has 132 valence electrons. The van der Waals surface area contributed by atoms with Gasteiger partial charge < -0.3 is 9.80 Å². The van der Waals surface area contributed by atoms with Crippen molar-refractivity contribution in [1.29, 1.82) is 0 Å². The molecule has 2 fully saturated rings. The zero-order valence-corrected chi connectivity index (χ0v) is 14.9. The number of anilines is 1. The van der Waals surface area contributed by atoms with Crippen molar-refractivity contribution in [2.24, 2.45) is 0 Å². The molecule has 1 amide bonds. The molecule has 0 radical (unpaired) electrons. The summed E-state index contributed by atoms with van der Waals surface area (Å²) < 4.78 is 23.1. The van der Waals surface area contributed by atoms with Crippen LogP contribution in [-0.2, 0) is 14.6 Å². The summed E-state index contributed by atoms with van der Waals surface area (Å²) in [6, 6.07) is 10.1. The Morgan fingerprint density at radius 1 is 1.17 bits per heavy atom. The number of piperazine rings is 1. The number of amides is 1. The summed E-state index contributed by atoms with van der Waals surface area (Å²) in [6.07, 6.45) is 0.562. The SMILES string of the molecule is CN(C(=O)CN1CCN(c2ccccc2)CC1)[C@H]1CCS(=O)(=O)C1. The Morgan fingerprint density at radius 2 is 1.83 bits per heavy atom. The predicted octanol–water partition coefficient (Wildman–Crippen LogP) is 0.454. The molecule has 0 aliphatic carbocycles. The number of para-hydroxylation sites is 1. The van der Waals surface area contributed by atoms with Crippen molar-refractivity contribution in [2.75, 3.05) is 56.2 Å². The van der Waals surface area contributed by atoms with Crippen molar-refractivity contribution < 1.29 is 13.2 Å². The zero-order chi connectivity index (χ0) is 17.2. The van der Waals surface area contributed by atoms with Gasteiger partial charge in [0.2, 0.25) is 5.91 Å².